The molecule has 2 saturated heterocycles. The SMILES string of the molecule is O=C(Cn1c2c(sc1=O)[C@H](c1cccc(Cl)c1Cl)C1C(=O)N(c3ccc(F)cc3)C(=O)C1S2)N1CCCCC1. The molecule has 4 heterocycles. The molecule has 39 heavy (non-hydrogen) atoms. The Morgan fingerprint density at radius 3 is 2.41 bits per heavy atom. The highest BCUT2D eigenvalue weighted by Gasteiger charge is 2.57. The van der Waals surface area contributed by atoms with E-state index in [0.717, 1.165) is 47.3 Å². The molecule has 2 fully saturated rings. The van der Waals surface area contributed by atoms with Crippen molar-refractivity contribution < 1.29 is 18.8 Å². The largest absolute Gasteiger partial charge is 0.341 e. The van der Waals surface area contributed by atoms with E-state index >= 15 is 0 Å². The van der Waals surface area contributed by atoms with E-state index in [1.54, 1.807) is 23.1 Å². The number of thiazole rings is 1. The molecule has 3 atom stereocenters. The van der Waals surface area contributed by atoms with Gasteiger partial charge in [0.15, 0.2) is 0 Å². The van der Waals surface area contributed by atoms with Gasteiger partial charge < -0.3 is 4.90 Å². The zero-order valence-corrected chi connectivity index (χ0v) is 23.6. The molecule has 0 bridgehead atoms. The first-order chi connectivity index (χ1) is 18.8. The van der Waals surface area contributed by atoms with Gasteiger partial charge in [0.25, 0.3) is 0 Å². The number of benzene rings is 2. The summed E-state index contributed by atoms with van der Waals surface area (Å²) in [5.41, 5.74) is 0.789. The Morgan fingerprint density at radius 2 is 1.69 bits per heavy atom. The Kier molecular flexibility index (Phi) is 7.07. The number of amides is 3. The Morgan fingerprint density at radius 1 is 0.974 bits per heavy atom. The third-order valence-electron chi connectivity index (χ3n) is 7.45. The minimum Gasteiger partial charge on any atom is -0.341 e. The second kappa shape index (κ2) is 10.4. The Bertz CT molecular complexity index is 1550. The number of thioether (sulfide) groups is 1. The van der Waals surface area contributed by atoms with Crippen LogP contribution in [0.3, 0.4) is 0 Å². The molecule has 3 aromatic rings. The molecule has 12 heteroatoms. The Balaban J connectivity index is 1.46. The minimum atomic E-state index is -0.875. The average Bonchev–Trinajstić information content (AvgIpc) is 3.38. The highest BCUT2D eigenvalue weighted by Crippen LogP contribution is 2.55. The fourth-order valence-corrected chi connectivity index (χ4v) is 8.76. The van der Waals surface area contributed by atoms with Crippen molar-refractivity contribution in [1.29, 1.82) is 0 Å². The van der Waals surface area contributed by atoms with Crippen LogP contribution in [0.5, 0.6) is 0 Å². The number of hydrogen-bond acceptors (Lipinski definition) is 6. The number of imide groups is 1. The number of fused-ring (bicyclic) bond motifs is 2. The van der Waals surface area contributed by atoms with Crippen molar-refractivity contribution in [3.8, 4) is 0 Å². The fourth-order valence-electron chi connectivity index (χ4n) is 5.57. The van der Waals surface area contributed by atoms with Crippen LogP contribution in [0.4, 0.5) is 10.1 Å². The van der Waals surface area contributed by atoms with Gasteiger partial charge in [-0.25, -0.2) is 9.29 Å². The van der Waals surface area contributed by atoms with Crippen LogP contribution in [0.25, 0.3) is 0 Å². The molecule has 2 unspecified atom stereocenters. The molecule has 0 radical (unpaired) electrons. The van der Waals surface area contributed by atoms with Gasteiger partial charge >= 0.3 is 4.87 Å². The lowest BCUT2D eigenvalue weighted by atomic mass is 9.83. The number of hydrogen-bond donors (Lipinski definition) is 0. The summed E-state index contributed by atoms with van der Waals surface area (Å²) < 4.78 is 15.0. The summed E-state index contributed by atoms with van der Waals surface area (Å²) >= 11 is 15.1. The van der Waals surface area contributed by atoms with Crippen LogP contribution >= 0.6 is 46.3 Å². The number of aromatic nitrogens is 1. The number of anilines is 1. The van der Waals surface area contributed by atoms with Crippen molar-refractivity contribution in [1.82, 2.24) is 9.47 Å². The first-order valence-corrected chi connectivity index (χ1v) is 15.0. The van der Waals surface area contributed by atoms with E-state index in [-0.39, 0.29) is 33.1 Å². The number of carbonyl (C=O) groups excluding carboxylic acids is 3. The van der Waals surface area contributed by atoms with Crippen molar-refractivity contribution >= 4 is 69.7 Å². The normalized spacial score (nSPS) is 22.7. The Labute approximate surface area is 241 Å². The van der Waals surface area contributed by atoms with Crippen molar-refractivity contribution in [3.63, 3.8) is 0 Å². The maximum absolute atomic E-state index is 13.9. The lowest BCUT2D eigenvalue weighted by Gasteiger charge is -2.31. The van der Waals surface area contributed by atoms with Crippen LogP contribution in [0, 0.1) is 11.7 Å². The van der Waals surface area contributed by atoms with Gasteiger partial charge in [-0.05, 0) is 55.2 Å². The summed E-state index contributed by atoms with van der Waals surface area (Å²) in [4.78, 5) is 57.1. The van der Waals surface area contributed by atoms with Crippen molar-refractivity contribution in [2.75, 3.05) is 18.0 Å². The van der Waals surface area contributed by atoms with Crippen LogP contribution in [0.15, 0.2) is 52.3 Å². The highest BCUT2D eigenvalue weighted by molar-refractivity contribution is 8.00. The molecule has 0 N–H and O–H groups in total. The third-order valence-corrected chi connectivity index (χ3v) is 10.9. The van der Waals surface area contributed by atoms with E-state index in [4.69, 9.17) is 23.2 Å². The molecule has 3 aliphatic heterocycles. The van der Waals surface area contributed by atoms with Crippen molar-refractivity contribution in [2.45, 2.75) is 42.0 Å². The van der Waals surface area contributed by atoms with Crippen molar-refractivity contribution in [2.24, 2.45) is 5.92 Å². The number of piperidine rings is 1. The standard InChI is InChI=1S/C27H22Cl2FN3O4S2/c28-17-6-4-5-16(21(17)29)19-20-22(25(36)33(24(20)35)15-9-7-14(30)8-10-15)38-26-23(19)39-27(37)32(26)13-18(34)31-11-2-1-3-12-31/h4-10,19-20,22H,1-3,11-13H2/t19-,20?,22?/m1/s1. The van der Waals surface area contributed by atoms with E-state index in [9.17, 15) is 23.6 Å². The van der Waals surface area contributed by atoms with Crippen LogP contribution < -0.4 is 9.77 Å². The lowest BCUT2D eigenvalue weighted by Crippen LogP contribution is -2.39. The molecule has 202 valence electrons. The highest BCUT2D eigenvalue weighted by atomic mass is 35.5. The predicted octanol–water partition coefficient (Wildman–Crippen LogP) is 5.16. The summed E-state index contributed by atoms with van der Waals surface area (Å²) in [6.45, 7) is 1.16. The quantitative estimate of drug-likeness (QED) is 0.384. The maximum atomic E-state index is 13.9. The second-order valence-electron chi connectivity index (χ2n) is 9.74. The summed E-state index contributed by atoms with van der Waals surface area (Å²) in [7, 11) is 0. The third kappa shape index (κ3) is 4.51. The molecule has 0 saturated carbocycles. The summed E-state index contributed by atoms with van der Waals surface area (Å²) in [5.74, 6) is -3.18. The molecule has 3 amide bonds. The van der Waals surface area contributed by atoms with Gasteiger partial charge in [-0.2, -0.15) is 0 Å². The topological polar surface area (TPSA) is 79.7 Å². The zero-order chi connectivity index (χ0) is 27.4. The molecule has 7 nitrogen and oxygen atoms in total. The van der Waals surface area contributed by atoms with Gasteiger partial charge in [0.05, 0.1) is 26.7 Å². The zero-order valence-electron chi connectivity index (χ0n) is 20.4. The fraction of sp³-hybridized carbons (Fsp3) is 0.333. The molecule has 3 aliphatic rings. The Hall–Kier alpha value is -2.66. The summed E-state index contributed by atoms with van der Waals surface area (Å²) in [6, 6.07) is 10.2. The lowest BCUT2D eigenvalue weighted by molar-refractivity contribution is -0.133. The van der Waals surface area contributed by atoms with E-state index in [2.05, 4.69) is 0 Å². The number of likely N-dealkylation sites (tertiary alicyclic amines) is 1. The van der Waals surface area contributed by atoms with Gasteiger partial charge in [-0.15, -0.1) is 0 Å². The van der Waals surface area contributed by atoms with E-state index in [1.165, 1.54) is 28.8 Å². The molecule has 0 aliphatic carbocycles. The summed E-state index contributed by atoms with van der Waals surface area (Å²) in [5, 5.41) is 0.128. The van der Waals surface area contributed by atoms with Gasteiger partial charge in [0, 0.05) is 23.9 Å². The van der Waals surface area contributed by atoms with Crippen molar-refractivity contribution in [3.05, 3.63) is 78.4 Å². The smallest absolute Gasteiger partial charge is 0.308 e. The molecular weight excluding hydrogens is 584 g/mol. The monoisotopic (exact) mass is 605 g/mol. The molecule has 2 aromatic carbocycles. The van der Waals surface area contributed by atoms with Gasteiger partial charge in [-0.3, -0.25) is 23.7 Å². The predicted molar refractivity (Wildman–Crippen MR) is 149 cm³/mol. The first-order valence-electron chi connectivity index (χ1n) is 12.5. The van der Waals surface area contributed by atoms with Gasteiger partial charge in [-0.1, -0.05) is 58.4 Å². The molecule has 0 spiro atoms. The van der Waals surface area contributed by atoms with Crippen LogP contribution in [0.1, 0.15) is 35.6 Å². The minimum absolute atomic E-state index is 0.144. The van der Waals surface area contributed by atoms with Gasteiger partial charge in [0.2, 0.25) is 17.7 Å². The average molecular weight is 607 g/mol. The number of carbonyl (C=O) groups is 3. The van der Waals surface area contributed by atoms with Crippen LogP contribution in [0.2, 0.25) is 10.0 Å². The van der Waals surface area contributed by atoms with E-state index < -0.39 is 34.7 Å². The van der Waals surface area contributed by atoms with Crippen LogP contribution in [-0.2, 0) is 20.9 Å². The molecular formula is C27H22Cl2FN3O4S2. The van der Waals surface area contributed by atoms with E-state index in [0.29, 0.717) is 28.6 Å². The number of halogens is 3. The molecule has 1 aromatic heterocycles. The first kappa shape index (κ1) is 26.6. The number of nitrogens with zero attached hydrogens (tertiary/aromatic N) is 3. The van der Waals surface area contributed by atoms with Crippen LogP contribution in [-0.4, -0.2) is 45.5 Å². The van der Waals surface area contributed by atoms with Gasteiger partial charge in [0.1, 0.15) is 17.6 Å². The summed E-state index contributed by atoms with van der Waals surface area (Å²) in [6.07, 6.45) is 2.91. The molecule has 6 rings (SSSR count). The number of rotatable bonds is 4. The maximum Gasteiger partial charge on any atom is 0.308 e. The second-order valence-corrected chi connectivity index (χ2v) is 12.6. The van der Waals surface area contributed by atoms with E-state index in [1.807, 2.05) is 0 Å².